The van der Waals surface area contributed by atoms with Crippen molar-refractivity contribution in [1.29, 1.82) is 0 Å². The molecule has 5 heteroatoms. The van der Waals surface area contributed by atoms with Crippen molar-refractivity contribution in [3.63, 3.8) is 0 Å². The topological polar surface area (TPSA) is 29.9 Å². The minimum absolute atomic E-state index is 0.293. The summed E-state index contributed by atoms with van der Waals surface area (Å²) in [4.78, 5) is 4.05. The van der Waals surface area contributed by atoms with E-state index in [1.54, 1.807) is 36.1 Å². The predicted molar refractivity (Wildman–Crippen MR) is 60.8 cm³/mol. The molecule has 2 rings (SSSR count). The first-order chi connectivity index (χ1) is 7.22. The summed E-state index contributed by atoms with van der Waals surface area (Å²) in [6.45, 7) is 0. The lowest BCUT2D eigenvalue weighted by atomic mass is 10.3. The van der Waals surface area contributed by atoms with Gasteiger partial charge in [0.2, 0.25) is 5.95 Å². The molecule has 0 saturated heterocycles. The van der Waals surface area contributed by atoms with Gasteiger partial charge in [-0.15, -0.1) is 0 Å². The first-order valence-corrected chi connectivity index (χ1v) is 5.18. The van der Waals surface area contributed by atoms with Gasteiger partial charge >= 0.3 is 0 Å². The second kappa shape index (κ2) is 4.02. The Balaban J connectivity index is 2.54. The second-order valence-corrected chi connectivity index (χ2v) is 3.88. The smallest absolute Gasteiger partial charge is 0.207 e. The van der Waals surface area contributed by atoms with Crippen LogP contribution in [0, 0.1) is 5.82 Å². The SMILES string of the molecule is CNc1nccn1-c1ccc(Br)cc1F. The summed E-state index contributed by atoms with van der Waals surface area (Å²) >= 11 is 3.21. The minimum Gasteiger partial charge on any atom is -0.358 e. The third kappa shape index (κ3) is 1.87. The van der Waals surface area contributed by atoms with Crippen LogP contribution < -0.4 is 5.32 Å². The van der Waals surface area contributed by atoms with Gasteiger partial charge in [0.1, 0.15) is 5.82 Å². The molecule has 15 heavy (non-hydrogen) atoms. The number of halogens is 2. The number of hydrogen-bond acceptors (Lipinski definition) is 2. The molecule has 78 valence electrons. The number of rotatable bonds is 2. The van der Waals surface area contributed by atoms with Crippen molar-refractivity contribution < 1.29 is 4.39 Å². The van der Waals surface area contributed by atoms with E-state index >= 15 is 0 Å². The highest BCUT2D eigenvalue weighted by Crippen LogP contribution is 2.21. The van der Waals surface area contributed by atoms with Gasteiger partial charge in [-0.25, -0.2) is 9.37 Å². The van der Waals surface area contributed by atoms with Gasteiger partial charge in [-0.2, -0.15) is 0 Å². The maximum absolute atomic E-state index is 13.6. The average molecular weight is 270 g/mol. The fraction of sp³-hybridized carbons (Fsp3) is 0.100. The summed E-state index contributed by atoms with van der Waals surface area (Å²) in [5.41, 5.74) is 0.472. The normalized spacial score (nSPS) is 10.3. The fourth-order valence-corrected chi connectivity index (χ4v) is 1.69. The van der Waals surface area contributed by atoms with Crippen LogP contribution in [0.3, 0.4) is 0 Å². The number of imidazole rings is 1. The monoisotopic (exact) mass is 269 g/mol. The van der Waals surface area contributed by atoms with Gasteiger partial charge in [0, 0.05) is 23.9 Å². The van der Waals surface area contributed by atoms with Gasteiger partial charge in [-0.3, -0.25) is 4.57 Å². The quantitative estimate of drug-likeness (QED) is 0.909. The van der Waals surface area contributed by atoms with E-state index in [1.165, 1.54) is 6.07 Å². The van der Waals surface area contributed by atoms with E-state index in [0.717, 1.165) is 4.47 Å². The number of nitrogens with one attached hydrogen (secondary N) is 1. The molecule has 1 N–H and O–H groups in total. The molecule has 2 aromatic rings. The molecule has 0 saturated carbocycles. The van der Waals surface area contributed by atoms with Gasteiger partial charge in [-0.1, -0.05) is 15.9 Å². The molecule has 0 amide bonds. The lowest BCUT2D eigenvalue weighted by molar-refractivity contribution is 0.617. The van der Waals surface area contributed by atoms with Crippen molar-refractivity contribution >= 4 is 21.9 Å². The van der Waals surface area contributed by atoms with Crippen LogP contribution in [-0.4, -0.2) is 16.6 Å². The van der Waals surface area contributed by atoms with E-state index in [2.05, 4.69) is 26.2 Å². The van der Waals surface area contributed by atoms with Crippen LogP contribution in [-0.2, 0) is 0 Å². The van der Waals surface area contributed by atoms with Crippen molar-refractivity contribution in [2.24, 2.45) is 0 Å². The highest BCUT2D eigenvalue weighted by Gasteiger charge is 2.08. The van der Waals surface area contributed by atoms with Gasteiger partial charge in [0.05, 0.1) is 5.69 Å². The molecule has 1 aromatic heterocycles. The Kier molecular flexibility index (Phi) is 2.73. The first kappa shape index (κ1) is 10.2. The van der Waals surface area contributed by atoms with E-state index in [1.807, 2.05) is 0 Å². The van der Waals surface area contributed by atoms with Crippen molar-refractivity contribution in [3.8, 4) is 5.69 Å². The maximum Gasteiger partial charge on any atom is 0.207 e. The molecule has 0 aliphatic carbocycles. The van der Waals surface area contributed by atoms with E-state index in [-0.39, 0.29) is 5.82 Å². The van der Waals surface area contributed by atoms with Crippen LogP contribution in [0.25, 0.3) is 5.69 Å². The molecule has 3 nitrogen and oxygen atoms in total. The molecule has 0 spiro atoms. The molecule has 1 heterocycles. The van der Waals surface area contributed by atoms with Crippen LogP contribution in [0.5, 0.6) is 0 Å². The summed E-state index contributed by atoms with van der Waals surface area (Å²) in [5.74, 6) is 0.315. The molecule has 0 radical (unpaired) electrons. The largest absolute Gasteiger partial charge is 0.358 e. The number of anilines is 1. The molecule has 0 aliphatic heterocycles. The number of nitrogens with zero attached hydrogens (tertiary/aromatic N) is 2. The molecule has 0 bridgehead atoms. The third-order valence-electron chi connectivity index (χ3n) is 2.03. The number of hydrogen-bond donors (Lipinski definition) is 1. The molecule has 0 aliphatic rings. The Morgan fingerprint density at radius 3 is 2.93 bits per heavy atom. The van der Waals surface area contributed by atoms with Crippen LogP contribution >= 0.6 is 15.9 Å². The van der Waals surface area contributed by atoms with Crippen LogP contribution in [0.2, 0.25) is 0 Å². The lowest BCUT2D eigenvalue weighted by Crippen LogP contribution is -2.02. The lowest BCUT2D eigenvalue weighted by Gasteiger charge is -2.08. The molecular formula is C10H9BrFN3. The zero-order valence-corrected chi connectivity index (χ0v) is 9.62. The van der Waals surface area contributed by atoms with Crippen LogP contribution in [0.1, 0.15) is 0 Å². The van der Waals surface area contributed by atoms with Gasteiger partial charge in [-0.05, 0) is 18.2 Å². The zero-order chi connectivity index (χ0) is 10.8. The fourth-order valence-electron chi connectivity index (χ4n) is 1.36. The summed E-state index contributed by atoms with van der Waals surface area (Å²) in [6, 6.07) is 4.91. The van der Waals surface area contributed by atoms with Crippen molar-refractivity contribution in [3.05, 3.63) is 40.9 Å². The standard InChI is InChI=1S/C10H9BrFN3/c1-13-10-14-4-5-15(10)9-3-2-7(11)6-8(9)12/h2-6H,1H3,(H,13,14). The van der Waals surface area contributed by atoms with E-state index in [4.69, 9.17) is 0 Å². The van der Waals surface area contributed by atoms with Gasteiger partial charge in [0.15, 0.2) is 0 Å². The average Bonchev–Trinajstić information content (AvgIpc) is 2.65. The molecular weight excluding hydrogens is 261 g/mol. The molecule has 1 aromatic carbocycles. The maximum atomic E-state index is 13.6. The predicted octanol–water partition coefficient (Wildman–Crippen LogP) is 2.82. The number of benzene rings is 1. The summed E-state index contributed by atoms with van der Waals surface area (Å²) in [7, 11) is 1.75. The summed E-state index contributed by atoms with van der Waals surface area (Å²) < 4.78 is 16.0. The first-order valence-electron chi connectivity index (χ1n) is 4.39. The Hall–Kier alpha value is -1.36. The van der Waals surface area contributed by atoms with E-state index in [9.17, 15) is 4.39 Å². The highest BCUT2D eigenvalue weighted by molar-refractivity contribution is 9.10. The zero-order valence-electron chi connectivity index (χ0n) is 8.04. The molecule has 0 atom stereocenters. The summed E-state index contributed by atoms with van der Waals surface area (Å²) in [5, 5.41) is 2.89. The Morgan fingerprint density at radius 2 is 2.27 bits per heavy atom. The number of aromatic nitrogens is 2. The summed E-state index contributed by atoms with van der Waals surface area (Å²) in [6.07, 6.45) is 3.32. The minimum atomic E-state index is -0.293. The van der Waals surface area contributed by atoms with E-state index in [0.29, 0.717) is 11.6 Å². The Morgan fingerprint density at radius 1 is 1.47 bits per heavy atom. The Bertz CT molecular complexity index is 481. The van der Waals surface area contributed by atoms with Gasteiger partial charge < -0.3 is 5.32 Å². The van der Waals surface area contributed by atoms with Crippen LogP contribution in [0.4, 0.5) is 10.3 Å². The van der Waals surface area contributed by atoms with Crippen LogP contribution in [0.15, 0.2) is 35.1 Å². The van der Waals surface area contributed by atoms with Crippen molar-refractivity contribution in [2.45, 2.75) is 0 Å². The van der Waals surface area contributed by atoms with Crippen molar-refractivity contribution in [2.75, 3.05) is 12.4 Å². The highest BCUT2D eigenvalue weighted by atomic mass is 79.9. The molecule has 0 fully saturated rings. The van der Waals surface area contributed by atoms with Crippen molar-refractivity contribution in [1.82, 2.24) is 9.55 Å². The Labute approximate surface area is 95.1 Å². The van der Waals surface area contributed by atoms with E-state index < -0.39 is 0 Å². The third-order valence-corrected chi connectivity index (χ3v) is 2.53. The van der Waals surface area contributed by atoms with Gasteiger partial charge in [0.25, 0.3) is 0 Å². The second-order valence-electron chi connectivity index (χ2n) is 2.97. The molecule has 0 unspecified atom stereocenters.